The Hall–Kier alpha value is -15.2. The van der Waals surface area contributed by atoms with E-state index in [1.807, 2.05) is 116 Å². The van der Waals surface area contributed by atoms with Crippen LogP contribution in [0.1, 0.15) is 5.56 Å². The summed E-state index contributed by atoms with van der Waals surface area (Å²) in [5.41, 5.74) is 18.4. The summed E-state index contributed by atoms with van der Waals surface area (Å²) >= 11 is 24.0. The molecule has 125 heavy (non-hydrogen) atoms. The number of hydrogen-bond acceptors (Lipinski definition) is 20. The van der Waals surface area contributed by atoms with Crippen molar-refractivity contribution in [3.8, 4) is 141 Å². The maximum absolute atomic E-state index is 14.4. The van der Waals surface area contributed by atoms with Crippen LogP contribution < -0.4 is 23.7 Å². The summed E-state index contributed by atoms with van der Waals surface area (Å²) in [7, 11) is 7.88. The van der Waals surface area contributed by atoms with Crippen LogP contribution in [0, 0.1) is 36.0 Å². The minimum Gasteiger partial charge on any atom is -0.495 e. The fraction of sp³-hybridized carbons (Fsp3) is 0.0659. The molecule has 0 aliphatic heterocycles. The first-order valence-electron chi connectivity index (χ1n) is 37.5. The van der Waals surface area contributed by atoms with Crippen molar-refractivity contribution in [1.82, 2.24) is 97.9 Å². The quantitative estimate of drug-likeness (QED) is 0.0682. The van der Waals surface area contributed by atoms with Crippen molar-refractivity contribution in [2.75, 3.05) is 35.5 Å². The highest BCUT2D eigenvalue weighted by molar-refractivity contribution is 6.32. The minimum atomic E-state index is -0.826. The first-order chi connectivity index (χ1) is 60.8. The Balaban J connectivity index is 0.000000115. The van der Waals surface area contributed by atoms with Gasteiger partial charge in [-0.1, -0.05) is 58.5 Å². The monoisotopic (exact) mass is 1750 g/mol. The van der Waals surface area contributed by atoms with Crippen molar-refractivity contribution >= 4 is 74.6 Å². The smallest absolute Gasteiger partial charge is 0.155 e. The predicted octanol–water partition coefficient (Wildman–Crippen LogP) is 21.0. The van der Waals surface area contributed by atoms with E-state index >= 15 is 0 Å². The van der Waals surface area contributed by atoms with Gasteiger partial charge in [0.1, 0.15) is 89.5 Å². The fourth-order valence-electron chi connectivity index (χ4n) is 13.4. The summed E-state index contributed by atoms with van der Waals surface area (Å²) in [6.07, 6.45) is 24.5. The first-order valence-corrected chi connectivity index (χ1v) is 39.1. The van der Waals surface area contributed by atoms with E-state index in [0.717, 1.165) is 84.4 Å². The highest BCUT2D eigenvalue weighted by Crippen LogP contribution is 2.42. The number of aromatic nitrogens is 20. The number of ether oxygens (including phenoxy) is 5. The molecule has 20 rings (SSSR count). The van der Waals surface area contributed by atoms with Gasteiger partial charge in [0.05, 0.1) is 105 Å². The number of aryl methyl sites for hydroxylation is 1. The maximum atomic E-state index is 14.4. The van der Waals surface area contributed by atoms with Crippen LogP contribution in [0.3, 0.4) is 0 Å². The number of methoxy groups -OCH3 is 5. The third-order valence-corrected chi connectivity index (χ3v) is 20.7. The minimum absolute atomic E-state index is 0.0500. The molecule has 0 spiro atoms. The zero-order valence-electron chi connectivity index (χ0n) is 66.4. The molecule has 15 heterocycles. The van der Waals surface area contributed by atoms with E-state index in [0.29, 0.717) is 101 Å². The van der Waals surface area contributed by atoms with Crippen molar-refractivity contribution in [2.24, 2.45) is 0 Å². The molecular weight excluding hydrogens is 1690 g/mol. The third-order valence-electron chi connectivity index (χ3n) is 19.6. The van der Waals surface area contributed by atoms with Crippen molar-refractivity contribution in [3.63, 3.8) is 0 Å². The maximum Gasteiger partial charge on any atom is 0.155 e. The molecule has 0 saturated carbocycles. The van der Waals surface area contributed by atoms with Crippen LogP contribution in [0.25, 0.3) is 140 Å². The summed E-state index contributed by atoms with van der Waals surface area (Å²) in [4.78, 5) is 43.3. The van der Waals surface area contributed by atoms with E-state index in [-0.39, 0.29) is 21.4 Å². The second kappa shape index (κ2) is 37.0. The van der Waals surface area contributed by atoms with Crippen LogP contribution in [-0.4, -0.2) is 133 Å². The molecule has 0 atom stereocenters. The molecule has 20 aromatic rings. The Morgan fingerprint density at radius 2 is 0.560 bits per heavy atom. The number of fused-ring (bicyclic) bond motifs is 5. The molecule has 5 aromatic carbocycles. The zero-order chi connectivity index (χ0) is 86.9. The van der Waals surface area contributed by atoms with Gasteiger partial charge < -0.3 is 23.7 Å². The first kappa shape index (κ1) is 83.4. The van der Waals surface area contributed by atoms with Gasteiger partial charge in [-0.3, -0.25) is 24.9 Å². The van der Waals surface area contributed by atoms with E-state index in [1.165, 1.54) is 75.3 Å². The molecule has 15 aromatic heterocycles. The van der Waals surface area contributed by atoms with Gasteiger partial charge in [-0.2, -0.15) is 25.5 Å². The van der Waals surface area contributed by atoms with Gasteiger partial charge in [0.25, 0.3) is 0 Å². The van der Waals surface area contributed by atoms with Crippen LogP contribution >= 0.6 is 46.4 Å². The second-order valence-corrected chi connectivity index (χ2v) is 28.9. The summed E-state index contributed by atoms with van der Waals surface area (Å²) in [6.45, 7) is 1.74. The standard InChI is InChI=1S/C19H15FN4O.C18H11ClF2N4O.2C18H12ClFN4O.C18H13ClN4O/c1-12-7-14(3-4-17(12)20)19-16(9-15(25-2)10-21-19)13-5-6-24-18(8-13)22-11-23-24;1-26-11-5-12(10-2-3-25-17(4-10)23-9-24-25)18(22-8-11)13-6-14(19)16(21)7-15(13)20;1-25-13-8-14(11-4-5-24-17(7-11)22-10-23-24)18(21-9-13)12-2-3-16(20)15(19)6-12;1-25-13-8-14(11-4-5-24-17(6-11)22-10-23-24)18(21-9-13)15-7-12(19)2-3-16(15)20;1-24-15-9-16(12-5-6-23-17(8-12)21-11-22-23)18(20-10-15)13-3-2-4-14(19)7-13/h3-11H,1-2H3;2-9H,1H3;2*2-10H,1H3;2-11H,1H3. The van der Waals surface area contributed by atoms with Crippen molar-refractivity contribution in [3.05, 3.63) is 330 Å². The van der Waals surface area contributed by atoms with Gasteiger partial charge >= 0.3 is 0 Å². The molecular formula is C91H63Cl4F5N20O5. The molecule has 0 saturated heterocycles. The predicted molar refractivity (Wildman–Crippen MR) is 466 cm³/mol. The Morgan fingerprint density at radius 3 is 0.912 bits per heavy atom. The Bertz CT molecular complexity index is 7230. The van der Waals surface area contributed by atoms with Crippen LogP contribution in [0.15, 0.2) is 276 Å². The molecule has 0 fully saturated rings. The average Bonchev–Trinajstić information content (AvgIpc) is 0.910. The Kier molecular flexibility index (Phi) is 24.7. The van der Waals surface area contributed by atoms with E-state index < -0.39 is 23.3 Å². The van der Waals surface area contributed by atoms with Gasteiger partial charge in [0.2, 0.25) is 0 Å². The number of halogens is 9. The Morgan fingerprint density at radius 1 is 0.248 bits per heavy atom. The molecule has 0 aliphatic carbocycles. The average molecular weight is 1750 g/mol. The molecule has 0 amide bonds. The highest BCUT2D eigenvalue weighted by atomic mass is 35.5. The lowest BCUT2D eigenvalue weighted by molar-refractivity contribution is 0.413. The SMILES string of the molecule is COc1cnc(-c2cc(Cl)c(F)cc2F)c(-c2ccn3ncnc3c2)c1.COc1cnc(-c2cc(Cl)ccc2F)c(-c2ccn3ncnc3c2)c1.COc1cnc(-c2ccc(F)c(C)c2)c(-c2ccn3ncnc3c2)c1.COc1cnc(-c2ccc(F)c(Cl)c2)c(-c2ccn3ncnc3c2)c1.COc1cnc(-c2cccc(Cl)c2)c(-c2ccn3ncnc3c2)c1. The largest absolute Gasteiger partial charge is 0.495 e. The van der Waals surface area contributed by atoms with Crippen molar-refractivity contribution in [2.45, 2.75) is 6.92 Å². The molecule has 0 bridgehead atoms. The molecule has 25 nitrogen and oxygen atoms in total. The summed E-state index contributed by atoms with van der Waals surface area (Å²) in [5.74, 6) is 0.355. The van der Waals surface area contributed by atoms with Crippen molar-refractivity contribution < 1.29 is 45.6 Å². The molecule has 0 radical (unpaired) electrons. The molecule has 0 N–H and O–H groups in total. The van der Waals surface area contributed by atoms with E-state index in [4.69, 9.17) is 70.1 Å². The molecule has 34 heteroatoms. The highest BCUT2D eigenvalue weighted by Gasteiger charge is 2.22. The molecule has 0 unspecified atom stereocenters. The second-order valence-electron chi connectivity index (χ2n) is 27.2. The van der Waals surface area contributed by atoms with Gasteiger partial charge in [-0.25, -0.2) is 69.4 Å². The van der Waals surface area contributed by atoms with Gasteiger partial charge in [0.15, 0.2) is 28.2 Å². The van der Waals surface area contributed by atoms with Crippen LogP contribution in [-0.2, 0) is 0 Å². The lowest BCUT2D eigenvalue weighted by Crippen LogP contribution is -1.96. The van der Waals surface area contributed by atoms with Gasteiger partial charge in [-0.15, -0.1) is 0 Å². The number of hydrogen-bond donors (Lipinski definition) is 0. The topological polar surface area (TPSA) is 262 Å². The molecule has 620 valence electrons. The molecule has 0 aliphatic rings. The number of rotatable bonds is 15. The number of pyridine rings is 10. The van der Waals surface area contributed by atoms with E-state index in [1.54, 1.807) is 144 Å². The lowest BCUT2D eigenvalue weighted by Gasteiger charge is -2.12. The fourth-order valence-corrected chi connectivity index (χ4v) is 14.1. The van der Waals surface area contributed by atoms with Crippen molar-refractivity contribution in [1.29, 1.82) is 0 Å². The van der Waals surface area contributed by atoms with Gasteiger partial charge in [0, 0.05) is 103 Å². The van der Waals surface area contributed by atoms with Crippen LogP contribution in [0.4, 0.5) is 22.0 Å². The lowest BCUT2D eigenvalue weighted by atomic mass is 9.98. The Labute approximate surface area is 727 Å². The number of nitrogens with zero attached hydrogens (tertiary/aromatic N) is 20. The normalized spacial score (nSPS) is 11.0. The van der Waals surface area contributed by atoms with Crippen LogP contribution in [0.5, 0.6) is 28.7 Å². The van der Waals surface area contributed by atoms with Gasteiger partial charge in [-0.05, 0) is 204 Å². The zero-order valence-corrected chi connectivity index (χ0v) is 69.4. The summed E-state index contributed by atoms with van der Waals surface area (Å²) in [5, 5.41) is 21.4. The van der Waals surface area contributed by atoms with E-state index in [9.17, 15) is 22.0 Å². The van der Waals surface area contributed by atoms with E-state index in [2.05, 4.69) is 75.3 Å². The summed E-state index contributed by atoms with van der Waals surface area (Å²) < 4.78 is 104. The summed E-state index contributed by atoms with van der Waals surface area (Å²) in [6, 6.07) is 51.8. The number of benzene rings is 5. The third kappa shape index (κ3) is 18.4. The van der Waals surface area contributed by atoms with Crippen LogP contribution in [0.2, 0.25) is 20.1 Å².